The molecule has 0 amide bonds. The fraction of sp³-hybridized carbons (Fsp3) is 0. The molecule has 5 heteroatoms. The van der Waals surface area contributed by atoms with E-state index in [9.17, 15) is 0 Å². The summed E-state index contributed by atoms with van der Waals surface area (Å²) in [4.78, 5) is 11.4. The van der Waals surface area contributed by atoms with Crippen LogP contribution >= 0.6 is 0 Å². The molecule has 0 saturated carbocycles. The first-order valence-electron chi connectivity index (χ1n) is 21.6. The van der Waals surface area contributed by atoms with Gasteiger partial charge in [-0.05, 0) is 18.2 Å². The van der Waals surface area contributed by atoms with Crippen molar-refractivity contribution < 1.29 is 0 Å². The van der Waals surface area contributed by atoms with Gasteiger partial charge in [0.1, 0.15) is 0 Å². The molecule has 0 radical (unpaired) electrons. The maximum atomic E-state index is 5.69. The van der Waals surface area contributed by atoms with E-state index in [-0.39, 0.29) is 0 Å². The molecule has 1 aliphatic heterocycles. The molecule has 0 saturated heterocycles. The number of hydrogen-bond acceptors (Lipinski definition) is 2. The van der Waals surface area contributed by atoms with E-state index in [1.54, 1.807) is 0 Å². The third kappa shape index (κ3) is 5.22. The molecule has 294 valence electrons. The van der Waals surface area contributed by atoms with Gasteiger partial charge in [0.05, 0.1) is 5.52 Å². The Hall–Kier alpha value is -7.80. The molecular weight excluding hydrogens is 825 g/mol. The molecular formula is C58H38GeN4. The minimum absolute atomic E-state index is 0.720. The van der Waals surface area contributed by atoms with Gasteiger partial charge in [-0.15, -0.1) is 0 Å². The summed E-state index contributed by atoms with van der Waals surface area (Å²) in [5.74, 6) is 0.720. The van der Waals surface area contributed by atoms with Gasteiger partial charge in [0, 0.05) is 5.69 Å². The van der Waals surface area contributed by atoms with Crippen LogP contribution in [-0.2, 0) is 0 Å². The summed E-state index contributed by atoms with van der Waals surface area (Å²) >= 11 is -3.67. The minimum atomic E-state index is -3.67. The van der Waals surface area contributed by atoms with E-state index in [0.717, 1.165) is 50.7 Å². The summed E-state index contributed by atoms with van der Waals surface area (Å²) < 4.78 is 10.3. The zero-order chi connectivity index (χ0) is 41.5. The second-order valence-corrected chi connectivity index (χ2v) is 24.2. The van der Waals surface area contributed by atoms with Crippen molar-refractivity contribution in [3.05, 3.63) is 231 Å². The van der Waals surface area contributed by atoms with Crippen LogP contribution in [0.4, 0.5) is 0 Å². The number of benzene rings is 9. The van der Waals surface area contributed by atoms with Crippen LogP contribution in [0, 0.1) is 0 Å². The Morgan fingerprint density at radius 3 is 1.46 bits per heavy atom. The van der Waals surface area contributed by atoms with E-state index in [1.165, 1.54) is 55.7 Å². The normalized spacial score (nSPS) is 12.9. The van der Waals surface area contributed by atoms with Crippen molar-refractivity contribution in [3.8, 4) is 45.3 Å². The van der Waals surface area contributed by atoms with Gasteiger partial charge in [-0.25, -0.2) is 0 Å². The molecule has 3 aromatic heterocycles. The predicted octanol–water partition coefficient (Wildman–Crippen LogP) is 11.4. The van der Waals surface area contributed by atoms with Crippen molar-refractivity contribution in [2.75, 3.05) is 0 Å². The summed E-state index contributed by atoms with van der Waals surface area (Å²) in [5, 5.41) is 4.98. The van der Waals surface area contributed by atoms with Crippen LogP contribution in [0.25, 0.3) is 88.9 Å². The summed E-state index contributed by atoms with van der Waals surface area (Å²) in [6.07, 6.45) is 0. The molecule has 1 aliphatic rings. The maximum absolute atomic E-state index is 5.69. The number of hydrogen-bond donors (Lipinski definition) is 0. The van der Waals surface area contributed by atoms with Crippen molar-refractivity contribution in [1.82, 2.24) is 19.1 Å². The molecule has 12 aromatic rings. The quantitative estimate of drug-likeness (QED) is 0.156. The van der Waals surface area contributed by atoms with E-state index < -0.39 is 13.3 Å². The Bertz CT molecular complexity index is 3690. The SMILES string of the molecule is c1ccc(-c2nc(-c3cccc(-n4c5ccccc5c5c6c7ccccc7n(-c7ccccc7)c6ccc54)c3)nc3[c]2[Ge]([c]2ccccc2)([c]2ccccc2)[c]2ccccc2-3)cc1. The van der Waals surface area contributed by atoms with Crippen LogP contribution in [0.5, 0.6) is 0 Å². The van der Waals surface area contributed by atoms with Crippen LogP contribution in [0.3, 0.4) is 0 Å². The van der Waals surface area contributed by atoms with Crippen molar-refractivity contribution in [2.24, 2.45) is 0 Å². The predicted molar refractivity (Wildman–Crippen MR) is 264 cm³/mol. The molecule has 4 nitrogen and oxygen atoms in total. The first-order chi connectivity index (χ1) is 31.3. The number of nitrogens with zero attached hydrogens (tertiary/aromatic N) is 4. The molecule has 9 aromatic carbocycles. The Labute approximate surface area is 367 Å². The van der Waals surface area contributed by atoms with E-state index in [4.69, 9.17) is 9.97 Å². The molecule has 0 spiro atoms. The molecule has 0 unspecified atom stereocenters. The van der Waals surface area contributed by atoms with Gasteiger partial charge in [0.2, 0.25) is 0 Å². The summed E-state index contributed by atoms with van der Waals surface area (Å²) in [5.41, 5.74) is 12.3. The average Bonchev–Trinajstić information content (AvgIpc) is 3.99. The van der Waals surface area contributed by atoms with Crippen molar-refractivity contribution >= 4 is 74.5 Å². The van der Waals surface area contributed by atoms with E-state index >= 15 is 0 Å². The second-order valence-electron chi connectivity index (χ2n) is 16.5. The Balaban J connectivity index is 1.07. The van der Waals surface area contributed by atoms with E-state index in [0.29, 0.717) is 0 Å². The van der Waals surface area contributed by atoms with E-state index in [1.807, 2.05) is 0 Å². The van der Waals surface area contributed by atoms with Crippen LogP contribution in [0.2, 0.25) is 0 Å². The first-order valence-corrected chi connectivity index (χ1v) is 25.8. The molecule has 4 heterocycles. The van der Waals surface area contributed by atoms with Gasteiger partial charge < -0.3 is 4.57 Å². The second kappa shape index (κ2) is 14.1. The topological polar surface area (TPSA) is 35.6 Å². The van der Waals surface area contributed by atoms with Crippen molar-refractivity contribution in [3.63, 3.8) is 0 Å². The van der Waals surface area contributed by atoms with Gasteiger partial charge in [-0.1, -0.05) is 36.4 Å². The molecule has 0 N–H and O–H groups in total. The van der Waals surface area contributed by atoms with Gasteiger partial charge in [0.15, 0.2) is 0 Å². The zero-order valence-corrected chi connectivity index (χ0v) is 36.3. The van der Waals surface area contributed by atoms with Crippen LogP contribution in [0.15, 0.2) is 231 Å². The zero-order valence-electron chi connectivity index (χ0n) is 34.2. The number of aromatic nitrogens is 4. The van der Waals surface area contributed by atoms with Crippen LogP contribution in [0.1, 0.15) is 0 Å². The standard InChI is InChI=1S/C58H38GeN4/c1-5-20-39(21-6-1)56-55-57(45-30-13-16-33-48(45)59(55,41-23-7-2-8-24-41)42-25-9-3-10-26-42)61-58(60-56)40-22-19-29-44(38-40)63-50-35-18-15-32-47(50)54-52(63)37-36-51-53(54)46-31-14-17-34-49(46)62(51)43-27-11-4-12-28-43/h1-38H. The summed E-state index contributed by atoms with van der Waals surface area (Å²) in [7, 11) is 0. The van der Waals surface area contributed by atoms with Gasteiger partial charge in [-0.2, -0.15) is 0 Å². The van der Waals surface area contributed by atoms with E-state index in [2.05, 4.69) is 240 Å². The van der Waals surface area contributed by atoms with Gasteiger partial charge in [-0.3, -0.25) is 0 Å². The van der Waals surface area contributed by atoms with Crippen LogP contribution in [-0.4, -0.2) is 32.4 Å². The Morgan fingerprint density at radius 2 is 0.825 bits per heavy atom. The Kier molecular flexibility index (Phi) is 8.05. The number of para-hydroxylation sites is 3. The molecule has 0 fully saturated rings. The molecule has 0 aliphatic carbocycles. The van der Waals surface area contributed by atoms with Crippen molar-refractivity contribution in [2.45, 2.75) is 0 Å². The average molecular weight is 864 g/mol. The Morgan fingerprint density at radius 1 is 0.349 bits per heavy atom. The summed E-state index contributed by atoms with van der Waals surface area (Å²) in [6.45, 7) is 0. The first kappa shape index (κ1) is 35.9. The molecule has 63 heavy (non-hydrogen) atoms. The third-order valence-corrected chi connectivity index (χ3v) is 23.4. The fourth-order valence-electron chi connectivity index (χ4n) is 10.7. The number of fused-ring (bicyclic) bond motifs is 10. The third-order valence-electron chi connectivity index (χ3n) is 13.2. The number of rotatable bonds is 6. The fourth-order valence-corrected chi connectivity index (χ4v) is 21.7. The monoisotopic (exact) mass is 864 g/mol. The van der Waals surface area contributed by atoms with Gasteiger partial charge >= 0.3 is 299 Å². The van der Waals surface area contributed by atoms with Crippen LogP contribution < -0.4 is 17.6 Å². The molecule has 0 atom stereocenters. The molecule has 0 bridgehead atoms. The summed E-state index contributed by atoms with van der Waals surface area (Å²) in [6, 6.07) is 83.9. The molecule has 13 rings (SSSR count). The van der Waals surface area contributed by atoms with Crippen molar-refractivity contribution in [1.29, 1.82) is 0 Å². The van der Waals surface area contributed by atoms with Gasteiger partial charge in [0.25, 0.3) is 0 Å².